The number of aromatic nitrogens is 4. The first-order valence-electron chi connectivity index (χ1n) is 8.53. The lowest BCUT2D eigenvalue weighted by Crippen LogP contribution is -2.45. The highest BCUT2D eigenvalue weighted by Crippen LogP contribution is 2.32. The first-order valence-corrected chi connectivity index (χ1v) is 8.53. The van der Waals surface area contributed by atoms with Gasteiger partial charge < -0.3 is 14.9 Å². The quantitative estimate of drug-likeness (QED) is 0.728. The van der Waals surface area contributed by atoms with Crippen LogP contribution in [0.25, 0.3) is 11.3 Å². The van der Waals surface area contributed by atoms with Crippen molar-refractivity contribution in [2.75, 3.05) is 0 Å². The second-order valence-electron chi connectivity index (χ2n) is 6.54. The van der Waals surface area contributed by atoms with Crippen molar-refractivity contribution < 1.29 is 14.4 Å². The number of benzene rings is 1. The smallest absolute Gasteiger partial charge is 0.273 e. The van der Waals surface area contributed by atoms with E-state index in [-0.39, 0.29) is 23.7 Å². The summed E-state index contributed by atoms with van der Waals surface area (Å²) in [6.45, 7) is 1.65. The molecule has 1 aliphatic carbocycles. The molecule has 1 atom stereocenters. The summed E-state index contributed by atoms with van der Waals surface area (Å²) < 4.78 is 7.01. The van der Waals surface area contributed by atoms with Crippen LogP contribution in [-0.2, 0) is 0 Å². The van der Waals surface area contributed by atoms with E-state index in [1.807, 2.05) is 30.3 Å². The molecule has 2 N–H and O–H groups in total. The first kappa shape index (κ1) is 16.5. The van der Waals surface area contributed by atoms with Crippen LogP contribution in [0.15, 0.2) is 47.1 Å². The molecule has 0 saturated heterocycles. The van der Waals surface area contributed by atoms with Gasteiger partial charge in [0.15, 0.2) is 11.5 Å². The Morgan fingerprint density at radius 1 is 1.35 bits per heavy atom. The Bertz CT molecular complexity index is 896. The SMILES string of the molecule is C[C@@H](O)c1cn(C2CC(NC(=O)c3cc(-c4ccccc4)on3)C2)nn1. The van der Waals surface area contributed by atoms with Crippen LogP contribution in [0, 0.1) is 0 Å². The van der Waals surface area contributed by atoms with Gasteiger partial charge in [0.2, 0.25) is 0 Å². The van der Waals surface area contributed by atoms with E-state index in [1.54, 1.807) is 23.9 Å². The number of nitrogens with one attached hydrogen (secondary N) is 1. The Labute approximate surface area is 149 Å². The molecule has 0 bridgehead atoms. The number of nitrogens with zero attached hydrogens (tertiary/aromatic N) is 4. The number of aliphatic hydroxyl groups excluding tert-OH is 1. The molecular weight excluding hydrogens is 334 g/mol. The van der Waals surface area contributed by atoms with Gasteiger partial charge in [0.05, 0.1) is 18.3 Å². The summed E-state index contributed by atoms with van der Waals surface area (Å²) in [5.74, 6) is 0.318. The summed E-state index contributed by atoms with van der Waals surface area (Å²) >= 11 is 0. The van der Waals surface area contributed by atoms with Crippen molar-refractivity contribution in [2.24, 2.45) is 0 Å². The average Bonchev–Trinajstić information content (AvgIpc) is 3.28. The molecule has 8 nitrogen and oxygen atoms in total. The maximum Gasteiger partial charge on any atom is 0.273 e. The van der Waals surface area contributed by atoms with Crippen molar-refractivity contribution in [3.8, 4) is 11.3 Å². The van der Waals surface area contributed by atoms with Gasteiger partial charge in [0.25, 0.3) is 5.91 Å². The Hall–Kier alpha value is -3.00. The standard InChI is InChI=1S/C18H19N5O3/c1-11(24)16-10-23(22-20-16)14-7-13(8-14)19-18(25)15-9-17(26-21-15)12-5-3-2-4-6-12/h2-6,9-11,13-14,24H,7-8H2,1H3,(H,19,25)/t11-,13?,14?/m1/s1. The Balaban J connectivity index is 1.33. The highest BCUT2D eigenvalue weighted by molar-refractivity contribution is 5.93. The minimum absolute atomic E-state index is 0.0589. The van der Waals surface area contributed by atoms with Crippen LogP contribution in [0.3, 0.4) is 0 Å². The zero-order chi connectivity index (χ0) is 18.1. The van der Waals surface area contributed by atoms with Crippen molar-refractivity contribution in [2.45, 2.75) is 38.0 Å². The van der Waals surface area contributed by atoms with Crippen LogP contribution >= 0.6 is 0 Å². The second-order valence-corrected chi connectivity index (χ2v) is 6.54. The minimum Gasteiger partial charge on any atom is -0.387 e. The summed E-state index contributed by atoms with van der Waals surface area (Å²) in [5.41, 5.74) is 1.70. The third-order valence-corrected chi connectivity index (χ3v) is 4.58. The maximum absolute atomic E-state index is 12.3. The van der Waals surface area contributed by atoms with Gasteiger partial charge in [0, 0.05) is 17.7 Å². The largest absolute Gasteiger partial charge is 0.387 e. The molecule has 134 valence electrons. The molecule has 3 aromatic rings. The topological polar surface area (TPSA) is 106 Å². The van der Waals surface area contributed by atoms with E-state index in [0.717, 1.165) is 18.4 Å². The summed E-state index contributed by atoms with van der Waals surface area (Å²) in [4.78, 5) is 12.3. The van der Waals surface area contributed by atoms with E-state index >= 15 is 0 Å². The van der Waals surface area contributed by atoms with Crippen LogP contribution in [0.4, 0.5) is 0 Å². The number of amides is 1. The minimum atomic E-state index is -0.634. The predicted molar refractivity (Wildman–Crippen MR) is 92.1 cm³/mol. The molecule has 26 heavy (non-hydrogen) atoms. The van der Waals surface area contributed by atoms with Gasteiger partial charge in [-0.15, -0.1) is 5.10 Å². The third-order valence-electron chi connectivity index (χ3n) is 4.58. The van der Waals surface area contributed by atoms with E-state index in [2.05, 4.69) is 20.8 Å². The highest BCUT2D eigenvalue weighted by Gasteiger charge is 2.33. The van der Waals surface area contributed by atoms with E-state index in [1.165, 1.54) is 0 Å². The number of rotatable bonds is 5. The molecule has 0 spiro atoms. The fourth-order valence-corrected chi connectivity index (χ4v) is 2.96. The number of carbonyl (C=O) groups excluding carboxylic acids is 1. The molecule has 0 radical (unpaired) electrons. The fourth-order valence-electron chi connectivity index (χ4n) is 2.96. The van der Waals surface area contributed by atoms with Gasteiger partial charge in [0.1, 0.15) is 5.69 Å². The van der Waals surface area contributed by atoms with Crippen molar-refractivity contribution >= 4 is 5.91 Å². The van der Waals surface area contributed by atoms with E-state index < -0.39 is 6.10 Å². The summed E-state index contributed by atoms with van der Waals surface area (Å²) in [7, 11) is 0. The van der Waals surface area contributed by atoms with Gasteiger partial charge in [-0.25, -0.2) is 4.68 Å². The first-order chi connectivity index (χ1) is 12.6. The van der Waals surface area contributed by atoms with Gasteiger partial charge in [-0.3, -0.25) is 4.79 Å². The summed E-state index contributed by atoms with van der Waals surface area (Å²) in [6, 6.07) is 11.4. The fraction of sp³-hybridized carbons (Fsp3) is 0.333. The third kappa shape index (κ3) is 3.23. The molecule has 1 aromatic carbocycles. The van der Waals surface area contributed by atoms with Crippen molar-refractivity contribution in [1.29, 1.82) is 0 Å². The highest BCUT2D eigenvalue weighted by atomic mass is 16.5. The molecule has 1 fully saturated rings. The van der Waals surface area contributed by atoms with Crippen LogP contribution in [-0.4, -0.2) is 37.2 Å². The molecule has 8 heteroatoms. The van der Waals surface area contributed by atoms with Crippen molar-refractivity contribution in [1.82, 2.24) is 25.5 Å². The predicted octanol–water partition coefficient (Wildman–Crippen LogP) is 2.12. The lowest BCUT2D eigenvalue weighted by Gasteiger charge is -2.35. The van der Waals surface area contributed by atoms with Gasteiger partial charge in [-0.05, 0) is 19.8 Å². The molecule has 0 unspecified atom stereocenters. The molecule has 1 aliphatic rings. The van der Waals surface area contributed by atoms with Crippen LogP contribution in [0.1, 0.15) is 48.1 Å². The van der Waals surface area contributed by atoms with Crippen molar-refractivity contribution in [3.05, 3.63) is 54.0 Å². The van der Waals surface area contributed by atoms with Gasteiger partial charge >= 0.3 is 0 Å². The number of hydrogen-bond donors (Lipinski definition) is 2. The summed E-state index contributed by atoms with van der Waals surface area (Å²) in [6.07, 6.45) is 2.64. The van der Waals surface area contributed by atoms with Crippen LogP contribution in [0.5, 0.6) is 0 Å². The van der Waals surface area contributed by atoms with Gasteiger partial charge in [-0.1, -0.05) is 40.7 Å². The average molecular weight is 353 g/mol. The zero-order valence-electron chi connectivity index (χ0n) is 14.2. The molecular formula is C18H19N5O3. The maximum atomic E-state index is 12.3. The van der Waals surface area contributed by atoms with E-state index in [0.29, 0.717) is 11.5 Å². The Morgan fingerprint density at radius 2 is 2.12 bits per heavy atom. The van der Waals surface area contributed by atoms with Crippen LogP contribution in [0.2, 0.25) is 0 Å². The number of aliphatic hydroxyl groups is 1. The summed E-state index contributed by atoms with van der Waals surface area (Å²) in [5, 5.41) is 24.3. The molecule has 1 saturated carbocycles. The Morgan fingerprint density at radius 3 is 2.81 bits per heavy atom. The number of hydrogen-bond acceptors (Lipinski definition) is 6. The van der Waals surface area contributed by atoms with E-state index in [4.69, 9.17) is 4.52 Å². The molecule has 2 heterocycles. The second kappa shape index (κ2) is 6.72. The number of carbonyl (C=O) groups is 1. The Kier molecular flexibility index (Phi) is 4.26. The van der Waals surface area contributed by atoms with Crippen molar-refractivity contribution in [3.63, 3.8) is 0 Å². The lowest BCUT2D eigenvalue weighted by molar-refractivity contribution is 0.0878. The zero-order valence-corrected chi connectivity index (χ0v) is 14.2. The molecule has 1 amide bonds. The molecule has 2 aromatic heterocycles. The molecule has 4 rings (SSSR count). The van der Waals surface area contributed by atoms with E-state index in [9.17, 15) is 9.90 Å². The molecule has 0 aliphatic heterocycles. The normalized spacial score (nSPS) is 20.4. The monoisotopic (exact) mass is 353 g/mol. The lowest BCUT2D eigenvalue weighted by atomic mass is 9.87. The van der Waals surface area contributed by atoms with Gasteiger partial charge in [-0.2, -0.15) is 0 Å². The van der Waals surface area contributed by atoms with Crippen LogP contribution < -0.4 is 5.32 Å².